The van der Waals surface area contributed by atoms with Crippen LogP contribution in [0.5, 0.6) is 5.75 Å². The molecule has 2 heterocycles. The van der Waals surface area contributed by atoms with Gasteiger partial charge in [0.05, 0.1) is 16.8 Å². The number of anilines is 1. The lowest BCUT2D eigenvalue weighted by Crippen LogP contribution is -2.18. The van der Waals surface area contributed by atoms with Crippen LogP contribution < -0.4 is 10.1 Å². The zero-order valence-corrected chi connectivity index (χ0v) is 15.6. The summed E-state index contributed by atoms with van der Waals surface area (Å²) in [7, 11) is 0. The fourth-order valence-corrected chi connectivity index (χ4v) is 4.41. The Bertz CT molecular complexity index is 934. The van der Waals surface area contributed by atoms with E-state index in [0.717, 1.165) is 29.5 Å². The first-order valence-corrected chi connectivity index (χ1v) is 9.73. The molecule has 1 saturated heterocycles. The van der Waals surface area contributed by atoms with Gasteiger partial charge in [0, 0.05) is 16.7 Å². The van der Waals surface area contributed by atoms with Crippen LogP contribution >= 0.6 is 22.9 Å². The Morgan fingerprint density at radius 3 is 2.85 bits per heavy atom. The summed E-state index contributed by atoms with van der Waals surface area (Å²) >= 11 is 7.79. The second-order valence-electron chi connectivity index (χ2n) is 6.14. The molecule has 2 aromatic carbocycles. The van der Waals surface area contributed by atoms with E-state index >= 15 is 0 Å². The minimum absolute atomic E-state index is 0.121. The van der Waals surface area contributed by atoms with Gasteiger partial charge in [-0.3, -0.25) is 4.79 Å². The van der Waals surface area contributed by atoms with Crippen LogP contribution in [0.25, 0.3) is 10.1 Å². The molecule has 0 unspecified atom stereocenters. The minimum atomic E-state index is -0.232. The molecule has 0 radical (unpaired) electrons. The van der Waals surface area contributed by atoms with Gasteiger partial charge in [0.15, 0.2) is 0 Å². The molecule has 1 amide bonds. The van der Waals surface area contributed by atoms with Crippen LogP contribution in [-0.4, -0.2) is 25.2 Å². The molecule has 1 atom stereocenters. The Kier molecular flexibility index (Phi) is 5.11. The topological polar surface area (TPSA) is 47.6 Å². The summed E-state index contributed by atoms with van der Waals surface area (Å²) in [6.45, 7) is 1.27. The highest BCUT2D eigenvalue weighted by molar-refractivity contribution is 7.21. The second kappa shape index (κ2) is 7.66. The molecule has 3 aromatic rings. The first-order valence-electron chi connectivity index (χ1n) is 8.54. The van der Waals surface area contributed by atoms with Gasteiger partial charge in [0.1, 0.15) is 17.2 Å². The highest BCUT2D eigenvalue weighted by atomic mass is 35.5. The SMILES string of the molecule is O=C(Nc1ccccc1OC[C@H]1CCCO1)c1sc2ccccc2c1Cl. The number of hydrogen-bond donors (Lipinski definition) is 1. The maximum atomic E-state index is 12.8. The van der Waals surface area contributed by atoms with Crippen LogP contribution in [0.15, 0.2) is 48.5 Å². The molecule has 0 aliphatic carbocycles. The number of hydrogen-bond acceptors (Lipinski definition) is 4. The third kappa shape index (κ3) is 3.56. The summed E-state index contributed by atoms with van der Waals surface area (Å²) in [6.07, 6.45) is 2.19. The van der Waals surface area contributed by atoms with Crippen LogP contribution in [0.1, 0.15) is 22.5 Å². The summed E-state index contributed by atoms with van der Waals surface area (Å²) in [5.74, 6) is 0.401. The average Bonchev–Trinajstić information content (AvgIpc) is 3.29. The molecule has 26 heavy (non-hydrogen) atoms. The minimum Gasteiger partial charge on any atom is -0.489 e. The maximum absolute atomic E-state index is 12.8. The summed E-state index contributed by atoms with van der Waals surface area (Å²) in [5.41, 5.74) is 0.629. The molecule has 4 rings (SSSR count). The normalized spacial score (nSPS) is 16.7. The molecule has 0 spiro atoms. The molecule has 1 aromatic heterocycles. The van der Waals surface area contributed by atoms with Crippen molar-refractivity contribution in [3.8, 4) is 5.75 Å². The standard InChI is InChI=1S/C20H18ClNO3S/c21-18-14-7-1-4-10-17(14)26-19(18)20(23)22-15-8-2-3-9-16(15)25-12-13-6-5-11-24-13/h1-4,7-10,13H,5-6,11-12H2,(H,22,23)/t13-/m1/s1. The fraction of sp³-hybridized carbons (Fsp3) is 0.250. The second-order valence-corrected chi connectivity index (χ2v) is 7.57. The van der Waals surface area contributed by atoms with E-state index < -0.39 is 0 Å². The van der Waals surface area contributed by atoms with Gasteiger partial charge in [0.2, 0.25) is 0 Å². The first kappa shape index (κ1) is 17.3. The number of rotatable bonds is 5. The van der Waals surface area contributed by atoms with Crippen LogP contribution in [0.4, 0.5) is 5.69 Å². The molecule has 1 aliphatic rings. The fourth-order valence-electron chi connectivity index (χ4n) is 2.99. The molecule has 1 fully saturated rings. The Morgan fingerprint density at radius 2 is 2.04 bits per heavy atom. The van der Waals surface area contributed by atoms with Crippen molar-refractivity contribution in [3.05, 3.63) is 58.4 Å². The predicted molar refractivity (Wildman–Crippen MR) is 106 cm³/mol. The number of carbonyl (C=O) groups is 1. The average molecular weight is 388 g/mol. The van der Waals surface area contributed by atoms with Gasteiger partial charge in [-0.25, -0.2) is 0 Å². The van der Waals surface area contributed by atoms with E-state index in [4.69, 9.17) is 21.1 Å². The van der Waals surface area contributed by atoms with Gasteiger partial charge < -0.3 is 14.8 Å². The Hall–Kier alpha value is -2.08. The van der Waals surface area contributed by atoms with Gasteiger partial charge in [-0.05, 0) is 31.0 Å². The van der Waals surface area contributed by atoms with E-state index in [1.54, 1.807) is 0 Å². The number of fused-ring (bicyclic) bond motifs is 1. The molecule has 6 heteroatoms. The predicted octanol–water partition coefficient (Wildman–Crippen LogP) is 5.36. The maximum Gasteiger partial charge on any atom is 0.267 e. The van der Waals surface area contributed by atoms with Crippen LogP contribution in [0.3, 0.4) is 0 Å². The largest absolute Gasteiger partial charge is 0.489 e. The molecule has 0 bridgehead atoms. The van der Waals surface area contributed by atoms with E-state index in [0.29, 0.717) is 27.9 Å². The van der Waals surface area contributed by atoms with Crippen molar-refractivity contribution in [1.29, 1.82) is 0 Å². The number of nitrogens with one attached hydrogen (secondary N) is 1. The lowest BCUT2D eigenvalue weighted by molar-refractivity contribution is 0.0682. The quantitative estimate of drug-likeness (QED) is 0.640. The van der Waals surface area contributed by atoms with Crippen LogP contribution in [-0.2, 0) is 4.74 Å². The van der Waals surface area contributed by atoms with E-state index in [1.807, 2.05) is 48.5 Å². The summed E-state index contributed by atoms with van der Waals surface area (Å²) < 4.78 is 12.5. The monoisotopic (exact) mass is 387 g/mol. The van der Waals surface area contributed by atoms with Gasteiger partial charge in [-0.1, -0.05) is 41.9 Å². The molecular formula is C20H18ClNO3S. The van der Waals surface area contributed by atoms with E-state index in [-0.39, 0.29) is 12.0 Å². The highest BCUT2D eigenvalue weighted by Crippen LogP contribution is 2.36. The van der Waals surface area contributed by atoms with Crippen molar-refractivity contribution in [2.45, 2.75) is 18.9 Å². The third-order valence-electron chi connectivity index (χ3n) is 4.33. The Morgan fingerprint density at radius 1 is 1.23 bits per heavy atom. The van der Waals surface area contributed by atoms with Crippen molar-refractivity contribution in [3.63, 3.8) is 0 Å². The zero-order chi connectivity index (χ0) is 17.9. The number of amides is 1. The van der Waals surface area contributed by atoms with Gasteiger partial charge >= 0.3 is 0 Å². The molecule has 1 aliphatic heterocycles. The van der Waals surface area contributed by atoms with Gasteiger partial charge in [-0.15, -0.1) is 11.3 Å². The van der Waals surface area contributed by atoms with Crippen molar-refractivity contribution < 1.29 is 14.3 Å². The van der Waals surface area contributed by atoms with E-state index in [1.165, 1.54) is 11.3 Å². The Labute approximate surface area is 160 Å². The lowest BCUT2D eigenvalue weighted by atomic mass is 10.2. The molecule has 1 N–H and O–H groups in total. The van der Waals surface area contributed by atoms with E-state index in [2.05, 4.69) is 5.32 Å². The lowest BCUT2D eigenvalue weighted by Gasteiger charge is -2.15. The van der Waals surface area contributed by atoms with Crippen molar-refractivity contribution in [2.24, 2.45) is 0 Å². The summed E-state index contributed by atoms with van der Waals surface area (Å²) in [6, 6.07) is 15.1. The van der Waals surface area contributed by atoms with Crippen molar-refractivity contribution >= 4 is 44.6 Å². The zero-order valence-electron chi connectivity index (χ0n) is 14.0. The molecular weight excluding hydrogens is 370 g/mol. The van der Waals surface area contributed by atoms with Crippen molar-refractivity contribution in [1.82, 2.24) is 0 Å². The highest BCUT2D eigenvalue weighted by Gasteiger charge is 2.20. The van der Waals surface area contributed by atoms with Crippen LogP contribution in [0, 0.1) is 0 Å². The number of carbonyl (C=O) groups excluding carboxylic acids is 1. The molecule has 4 nitrogen and oxygen atoms in total. The number of benzene rings is 2. The van der Waals surface area contributed by atoms with Crippen molar-refractivity contribution in [2.75, 3.05) is 18.5 Å². The van der Waals surface area contributed by atoms with Gasteiger partial charge in [-0.2, -0.15) is 0 Å². The number of thiophene rings is 1. The number of para-hydroxylation sites is 2. The van der Waals surface area contributed by atoms with E-state index in [9.17, 15) is 4.79 Å². The smallest absolute Gasteiger partial charge is 0.267 e. The molecule has 0 saturated carbocycles. The summed E-state index contributed by atoms with van der Waals surface area (Å²) in [5, 5.41) is 4.31. The number of halogens is 1. The van der Waals surface area contributed by atoms with Crippen LogP contribution in [0.2, 0.25) is 5.02 Å². The Balaban J connectivity index is 1.52. The summed E-state index contributed by atoms with van der Waals surface area (Å²) in [4.78, 5) is 13.3. The first-order chi connectivity index (χ1) is 12.7. The third-order valence-corrected chi connectivity index (χ3v) is 6.00. The number of ether oxygens (including phenoxy) is 2. The molecule has 134 valence electrons. The van der Waals surface area contributed by atoms with Gasteiger partial charge in [0.25, 0.3) is 5.91 Å².